The summed E-state index contributed by atoms with van der Waals surface area (Å²) in [5.74, 6) is -0.408. The second-order valence-corrected chi connectivity index (χ2v) is 5.86. The van der Waals surface area contributed by atoms with Gasteiger partial charge in [-0.3, -0.25) is 4.98 Å². The fourth-order valence-corrected chi connectivity index (χ4v) is 1.81. The Labute approximate surface area is 124 Å². The Balaban J connectivity index is 2.26. The second kappa shape index (κ2) is 5.91. The van der Waals surface area contributed by atoms with Gasteiger partial charge in [-0.2, -0.15) is 0 Å². The van der Waals surface area contributed by atoms with Crippen molar-refractivity contribution in [2.45, 2.75) is 32.7 Å². The minimum Gasteiger partial charge on any atom is -0.478 e. The molecule has 0 unspecified atom stereocenters. The Morgan fingerprint density at radius 1 is 1.29 bits per heavy atom. The molecular weight excluding hydrogens is 266 g/mol. The van der Waals surface area contributed by atoms with Crippen LogP contribution in [0.2, 0.25) is 0 Å². The summed E-state index contributed by atoms with van der Waals surface area (Å²) >= 11 is 0. The maximum Gasteiger partial charge on any atom is 0.335 e. The van der Waals surface area contributed by atoms with Crippen molar-refractivity contribution in [2.75, 3.05) is 5.32 Å². The molecule has 2 aromatic heterocycles. The van der Waals surface area contributed by atoms with Gasteiger partial charge in [0.05, 0.1) is 17.8 Å². The number of nitrogens with one attached hydrogen (secondary N) is 1. The molecule has 0 spiro atoms. The average Bonchev–Trinajstić information content (AvgIpc) is 2.45. The maximum atomic E-state index is 11.2. The van der Waals surface area contributed by atoms with E-state index in [0.717, 1.165) is 11.4 Å². The lowest BCUT2D eigenvalue weighted by atomic mass is 9.91. The Morgan fingerprint density at radius 3 is 2.62 bits per heavy atom. The summed E-state index contributed by atoms with van der Waals surface area (Å²) in [5, 5.41) is 12.3. The number of carboxylic acids is 1. The van der Waals surface area contributed by atoms with Gasteiger partial charge in [0.1, 0.15) is 5.82 Å². The molecule has 0 saturated heterocycles. The predicted molar refractivity (Wildman–Crippen MR) is 81.5 cm³/mol. The number of carbonyl (C=O) groups is 1. The highest BCUT2D eigenvalue weighted by atomic mass is 16.4. The molecule has 5 heteroatoms. The summed E-state index contributed by atoms with van der Waals surface area (Å²) in [6.07, 6.45) is 1.72. The number of nitrogens with zero attached hydrogens (tertiary/aromatic N) is 2. The van der Waals surface area contributed by atoms with Crippen LogP contribution in [0.25, 0.3) is 0 Å². The van der Waals surface area contributed by atoms with Crippen molar-refractivity contribution in [1.82, 2.24) is 9.97 Å². The van der Waals surface area contributed by atoms with E-state index in [1.807, 2.05) is 39.0 Å². The van der Waals surface area contributed by atoms with Crippen molar-refractivity contribution in [2.24, 2.45) is 0 Å². The van der Waals surface area contributed by atoms with E-state index in [0.29, 0.717) is 12.4 Å². The summed E-state index contributed by atoms with van der Waals surface area (Å²) in [6.45, 7) is 6.51. The number of pyridine rings is 2. The predicted octanol–water partition coefficient (Wildman–Crippen LogP) is 3.08. The molecule has 2 heterocycles. The van der Waals surface area contributed by atoms with Crippen LogP contribution in [0.4, 0.5) is 5.82 Å². The molecule has 0 atom stereocenters. The molecular formula is C16H19N3O2. The molecule has 0 aliphatic heterocycles. The highest BCUT2D eigenvalue weighted by Crippen LogP contribution is 2.23. The highest BCUT2D eigenvalue weighted by molar-refractivity contribution is 5.88. The molecule has 2 rings (SSSR count). The topological polar surface area (TPSA) is 75.1 Å². The fourth-order valence-electron chi connectivity index (χ4n) is 1.81. The Morgan fingerprint density at radius 2 is 2.05 bits per heavy atom. The first-order valence-corrected chi connectivity index (χ1v) is 6.76. The quantitative estimate of drug-likeness (QED) is 0.903. The van der Waals surface area contributed by atoms with E-state index in [2.05, 4.69) is 15.3 Å². The minimum atomic E-state index is -0.955. The van der Waals surface area contributed by atoms with E-state index in [1.54, 1.807) is 18.3 Å². The SMILES string of the molecule is CC(C)(C)c1cc(C(=O)O)cc(NCc2ccccn2)n1. The molecule has 0 saturated carbocycles. The monoisotopic (exact) mass is 285 g/mol. The van der Waals surface area contributed by atoms with Crippen LogP contribution in [0.3, 0.4) is 0 Å². The second-order valence-electron chi connectivity index (χ2n) is 5.86. The number of carboxylic acid groups (broad SMARTS) is 1. The van der Waals surface area contributed by atoms with Gasteiger partial charge in [0.15, 0.2) is 0 Å². The molecule has 21 heavy (non-hydrogen) atoms. The van der Waals surface area contributed by atoms with Crippen molar-refractivity contribution in [1.29, 1.82) is 0 Å². The minimum absolute atomic E-state index is 0.215. The zero-order chi connectivity index (χ0) is 15.5. The van der Waals surface area contributed by atoms with Gasteiger partial charge < -0.3 is 10.4 Å². The van der Waals surface area contributed by atoms with Crippen molar-refractivity contribution in [3.05, 3.63) is 53.5 Å². The molecule has 0 aliphatic rings. The molecule has 0 bridgehead atoms. The molecule has 110 valence electrons. The lowest BCUT2D eigenvalue weighted by molar-refractivity contribution is 0.0696. The van der Waals surface area contributed by atoms with Crippen LogP contribution in [0, 0.1) is 0 Å². The third kappa shape index (κ3) is 4.02. The molecule has 2 aromatic rings. The van der Waals surface area contributed by atoms with E-state index in [1.165, 1.54) is 0 Å². The molecule has 0 aliphatic carbocycles. The number of rotatable bonds is 4. The van der Waals surface area contributed by atoms with Gasteiger partial charge in [-0.15, -0.1) is 0 Å². The van der Waals surface area contributed by atoms with Crippen molar-refractivity contribution >= 4 is 11.8 Å². The normalized spacial score (nSPS) is 11.2. The summed E-state index contributed by atoms with van der Waals surface area (Å²) in [7, 11) is 0. The molecule has 0 fully saturated rings. The third-order valence-corrected chi connectivity index (χ3v) is 3.02. The molecule has 5 nitrogen and oxygen atoms in total. The van der Waals surface area contributed by atoms with Gasteiger partial charge in [0.2, 0.25) is 0 Å². The zero-order valence-electron chi connectivity index (χ0n) is 12.4. The Kier molecular flexibility index (Phi) is 4.21. The van der Waals surface area contributed by atoms with Gasteiger partial charge in [0.25, 0.3) is 0 Å². The largest absolute Gasteiger partial charge is 0.478 e. The van der Waals surface area contributed by atoms with Crippen LogP contribution >= 0.6 is 0 Å². The van der Waals surface area contributed by atoms with E-state index < -0.39 is 5.97 Å². The first kappa shape index (κ1) is 15.0. The Hall–Kier alpha value is -2.43. The fraction of sp³-hybridized carbons (Fsp3) is 0.312. The van der Waals surface area contributed by atoms with Gasteiger partial charge in [-0.05, 0) is 24.3 Å². The van der Waals surface area contributed by atoms with Gasteiger partial charge >= 0.3 is 5.97 Å². The molecule has 2 N–H and O–H groups in total. The van der Waals surface area contributed by atoms with Crippen molar-refractivity contribution < 1.29 is 9.90 Å². The average molecular weight is 285 g/mol. The zero-order valence-corrected chi connectivity index (χ0v) is 12.4. The van der Waals surface area contributed by atoms with E-state index in [9.17, 15) is 9.90 Å². The van der Waals surface area contributed by atoms with E-state index >= 15 is 0 Å². The number of hydrogen-bond donors (Lipinski definition) is 2. The number of hydrogen-bond acceptors (Lipinski definition) is 4. The van der Waals surface area contributed by atoms with E-state index in [4.69, 9.17) is 0 Å². The van der Waals surface area contributed by atoms with Gasteiger partial charge in [-0.1, -0.05) is 26.8 Å². The summed E-state index contributed by atoms with van der Waals surface area (Å²) < 4.78 is 0. The number of anilines is 1. The standard InChI is InChI=1S/C16H19N3O2/c1-16(2,3)13-8-11(15(20)21)9-14(19-13)18-10-12-6-4-5-7-17-12/h4-9H,10H2,1-3H3,(H,18,19)(H,20,21). The summed E-state index contributed by atoms with van der Waals surface area (Å²) in [4.78, 5) is 20.0. The molecule has 0 radical (unpaired) electrons. The van der Waals surface area contributed by atoms with Crippen molar-refractivity contribution in [3.8, 4) is 0 Å². The maximum absolute atomic E-state index is 11.2. The highest BCUT2D eigenvalue weighted by Gasteiger charge is 2.19. The lowest BCUT2D eigenvalue weighted by Gasteiger charge is -2.19. The Bertz CT molecular complexity index is 634. The number of aromatic nitrogens is 2. The van der Waals surface area contributed by atoms with Crippen LogP contribution in [-0.2, 0) is 12.0 Å². The summed E-state index contributed by atoms with van der Waals surface area (Å²) in [5.41, 5.74) is 1.63. The smallest absolute Gasteiger partial charge is 0.335 e. The molecule has 0 amide bonds. The van der Waals surface area contributed by atoms with Crippen LogP contribution in [-0.4, -0.2) is 21.0 Å². The van der Waals surface area contributed by atoms with Crippen LogP contribution in [0.15, 0.2) is 36.5 Å². The first-order chi connectivity index (χ1) is 9.86. The van der Waals surface area contributed by atoms with Crippen LogP contribution in [0.1, 0.15) is 42.5 Å². The number of aromatic carboxylic acids is 1. The van der Waals surface area contributed by atoms with E-state index in [-0.39, 0.29) is 11.0 Å². The van der Waals surface area contributed by atoms with Crippen LogP contribution in [0.5, 0.6) is 0 Å². The lowest BCUT2D eigenvalue weighted by Crippen LogP contribution is -2.16. The van der Waals surface area contributed by atoms with Gasteiger partial charge in [-0.25, -0.2) is 9.78 Å². The summed E-state index contributed by atoms with van der Waals surface area (Å²) in [6, 6.07) is 8.82. The molecule has 0 aromatic carbocycles. The van der Waals surface area contributed by atoms with Crippen molar-refractivity contribution in [3.63, 3.8) is 0 Å². The van der Waals surface area contributed by atoms with Gasteiger partial charge in [0, 0.05) is 17.3 Å². The third-order valence-electron chi connectivity index (χ3n) is 3.02. The first-order valence-electron chi connectivity index (χ1n) is 6.76. The van der Waals surface area contributed by atoms with Crippen LogP contribution < -0.4 is 5.32 Å².